The summed E-state index contributed by atoms with van der Waals surface area (Å²) in [5, 5.41) is 4.71. The summed E-state index contributed by atoms with van der Waals surface area (Å²) in [5.74, 6) is -0.0772. The first kappa shape index (κ1) is 15.2. The van der Waals surface area contributed by atoms with Gasteiger partial charge in [-0.05, 0) is 48.7 Å². The van der Waals surface area contributed by atoms with Gasteiger partial charge >= 0.3 is 0 Å². The molecule has 1 atom stereocenters. The Labute approximate surface area is 144 Å². The van der Waals surface area contributed by atoms with Gasteiger partial charge in [0.25, 0.3) is 5.91 Å². The van der Waals surface area contributed by atoms with Crippen molar-refractivity contribution in [1.82, 2.24) is 4.98 Å². The zero-order valence-corrected chi connectivity index (χ0v) is 13.8. The van der Waals surface area contributed by atoms with Gasteiger partial charge < -0.3 is 15.0 Å². The van der Waals surface area contributed by atoms with Crippen LogP contribution in [0.15, 0.2) is 48.7 Å². The fourth-order valence-corrected chi connectivity index (χ4v) is 3.28. The van der Waals surface area contributed by atoms with Gasteiger partial charge in [0, 0.05) is 40.0 Å². The van der Waals surface area contributed by atoms with Gasteiger partial charge in [-0.25, -0.2) is 0 Å². The molecule has 2 N–H and O–H groups in total. The molecule has 1 aliphatic heterocycles. The van der Waals surface area contributed by atoms with Gasteiger partial charge in [-0.3, -0.25) is 4.79 Å². The van der Waals surface area contributed by atoms with Gasteiger partial charge in [-0.2, -0.15) is 0 Å². The zero-order chi connectivity index (χ0) is 16.5. The number of halogens is 1. The Bertz CT molecular complexity index is 897. The Kier molecular flexibility index (Phi) is 4.00. The van der Waals surface area contributed by atoms with Crippen LogP contribution in [-0.2, 0) is 9.53 Å². The van der Waals surface area contributed by atoms with Crippen LogP contribution in [0.4, 0.5) is 5.69 Å². The van der Waals surface area contributed by atoms with Gasteiger partial charge in [0.2, 0.25) is 0 Å². The van der Waals surface area contributed by atoms with Crippen LogP contribution in [0.5, 0.6) is 0 Å². The zero-order valence-electron chi connectivity index (χ0n) is 13.0. The van der Waals surface area contributed by atoms with E-state index in [1.54, 1.807) is 0 Å². The minimum Gasteiger partial charge on any atom is -0.368 e. The highest BCUT2D eigenvalue weighted by Gasteiger charge is 2.23. The van der Waals surface area contributed by atoms with E-state index in [0.717, 1.165) is 40.6 Å². The number of hydrogen-bond donors (Lipinski definition) is 2. The molecule has 0 unspecified atom stereocenters. The van der Waals surface area contributed by atoms with E-state index >= 15 is 0 Å². The number of nitrogens with one attached hydrogen (secondary N) is 2. The first-order valence-electron chi connectivity index (χ1n) is 8.00. The molecule has 2 aromatic carbocycles. The minimum atomic E-state index is -0.333. The van der Waals surface area contributed by atoms with Gasteiger partial charge in [-0.15, -0.1) is 0 Å². The molecule has 4 rings (SSSR count). The quantitative estimate of drug-likeness (QED) is 0.731. The number of fused-ring (bicyclic) bond motifs is 1. The van der Waals surface area contributed by atoms with E-state index in [1.807, 2.05) is 48.7 Å². The van der Waals surface area contributed by atoms with E-state index in [1.165, 1.54) is 0 Å². The van der Waals surface area contributed by atoms with E-state index in [2.05, 4.69) is 10.3 Å². The molecule has 0 aliphatic carbocycles. The van der Waals surface area contributed by atoms with Crippen LogP contribution < -0.4 is 5.32 Å². The van der Waals surface area contributed by atoms with E-state index in [0.29, 0.717) is 11.6 Å². The van der Waals surface area contributed by atoms with E-state index < -0.39 is 0 Å². The highest BCUT2D eigenvalue weighted by molar-refractivity contribution is 6.31. The predicted octanol–water partition coefficient (Wildman–Crippen LogP) is 4.61. The number of anilines is 1. The van der Waals surface area contributed by atoms with E-state index in [-0.39, 0.29) is 12.0 Å². The highest BCUT2D eigenvalue weighted by atomic mass is 35.5. The second kappa shape index (κ2) is 6.30. The average molecular weight is 341 g/mol. The number of carbonyl (C=O) groups excluding carboxylic acids is 1. The summed E-state index contributed by atoms with van der Waals surface area (Å²) in [5.41, 5.74) is 3.88. The SMILES string of the molecule is O=C(Nc1cccc(-c2c[nH]c3ccc(Cl)cc23)c1)[C@@H]1CCCO1. The van der Waals surface area contributed by atoms with Crippen LogP contribution in [0, 0.1) is 0 Å². The summed E-state index contributed by atoms with van der Waals surface area (Å²) >= 11 is 6.12. The second-order valence-corrected chi connectivity index (χ2v) is 6.40. The number of aromatic amines is 1. The lowest BCUT2D eigenvalue weighted by Gasteiger charge is -2.11. The molecule has 1 saturated heterocycles. The van der Waals surface area contributed by atoms with Gasteiger partial charge in [0.05, 0.1) is 0 Å². The van der Waals surface area contributed by atoms with Crippen molar-refractivity contribution in [2.45, 2.75) is 18.9 Å². The van der Waals surface area contributed by atoms with Gasteiger partial charge in [-0.1, -0.05) is 23.7 Å². The number of aromatic nitrogens is 1. The monoisotopic (exact) mass is 340 g/mol. The van der Waals surface area contributed by atoms with Crippen molar-refractivity contribution >= 4 is 34.1 Å². The molecule has 24 heavy (non-hydrogen) atoms. The Hall–Kier alpha value is -2.30. The molecule has 5 heteroatoms. The molecule has 4 nitrogen and oxygen atoms in total. The van der Waals surface area contributed by atoms with Gasteiger partial charge in [0.15, 0.2) is 0 Å². The first-order chi connectivity index (χ1) is 11.7. The molecule has 1 amide bonds. The number of rotatable bonds is 3. The highest BCUT2D eigenvalue weighted by Crippen LogP contribution is 2.31. The normalized spacial score (nSPS) is 17.3. The van der Waals surface area contributed by atoms with Gasteiger partial charge in [0.1, 0.15) is 6.10 Å². The lowest BCUT2D eigenvalue weighted by molar-refractivity contribution is -0.124. The van der Waals surface area contributed by atoms with E-state index in [4.69, 9.17) is 16.3 Å². The third-order valence-electron chi connectivity index (χ3n) is 4.31. The van der Waals surface area contributed by atoms with Crippen LogP contribution in [0.25, 0.3) is 22.0 Å². The van der Waals surface area contributed by atoms with Crippen LogP contribution in [0.1, 0.15) is 12.8 Å². The van der Waals surface area contributed by atoms with Crippen molar-refractivity contribution < 1.29 is 9.53 Å². The van der Waals surface area contributed by atoms with Crippen LogP contribution in [-0.4, -0.2) is 23.6 Å². The summed E-state index contributed by atoms with van der Waals surface area (Å²) in [6, 6.07) is 13.6. The number of carbonyl (C=O) groups is 1. The summed E-state index contributed by atoms with van der Waals surface area (Å²) in [6.45, 7) is 0.661. The van der Waals surface area contributed by atoms with Crippen LogP contribution >= 0.6 is 11.6 Å². The third kappa shape index (κ3) is 2.90. The smallest absolute Gasteiger partial charge is 0.253 e. The lowest BCUT2D eigenvalue weighted by Crippen LogP contribution is -2.26. The van der Waals surface area contributed by atoms with Crippen LogP contribution in [0.3, 0.4) is 0 Å². The van der Waals surface area contributed by atoms with Crippen molar-refractivity contribution in [2.24, 2.45) is 0 Å². The summed E-state index contributed by atoms with van der Waals surface area (Å²) in [7, 11) is 0. The molecule has 0 bridgehead atoms. The molecule has 0 radical (unpaired) electrons. The molecule has 0 saturated carbocycles. The molecular formula is C19H17ClN2O2. The number of H-pyrrole nitrogens is 1. The topological polar surface area (TPSA) is 54.1 Å². The second-order valence-electron chi connectivity index (χ2n) is 5.96. The fraction of sp³-hybridized carbons (Fsp3) is 0.211. The largest absolute Gasteiger partial charge is 0.368 e. The number of amides is 1. The molecular weight excluding hydrogens is 324 g/mol. The fourth-order valence-electron chi connectivity index (χ4n) is 3.10. The lowest BCUT2D eigenvalue weighted by atomic mass is 10.0. The Morgan fingerprint density at radius 2 is 2.17 bits per heavy atom. The standard InChI is InChI=1S/C19H17ClN2O2/c20-13-6-7-17-15(10-13)16(11-21-17)12-3-1-4-14(9-12)22-19(23)18-5-2-8-24-18/h1,3-4,6-7,9-11,18,21H,2,5,8H2,(H,22,23)/t18-/m0/s1. The number of benzene rings is 2. The third-order valence-corrected chi connectivity index (χ3v) is 4.54. The van der Waals surface area contributed by atoms with Crippen molar-refractivity contribution in [1.29, 1.82) is 0 Å². The molecule has 1 aliphatic rings. The molecule has 1 aromatic heterocycles. The van der Waals surface area contributed by atoms with Crippen molar-refractivity contribution in [2.75, 3.05) is 11.9 Å². The predicted molar refractivity (Wildman–Crippen MR) is 96.3 cm³/mol. The maximum absolute atomic E-state index is 12.2. The number of ether oxygens (including phenoxy) is 1. The summed E-state index contributed by atoms with van der Waals surface area (Å²) in [4.78, 5) is 15.5. The molecule has 1 fully saturated rings. The van der Waals surface area contributed by atoms with E-state index in [9.17, 15) is 4.79 Å². The Morgan fingerprint density at radius 1 is 1.25 bits per heavy atom. The molecule has 122 valence electrons. The minimum absolute atomic E-state index is 0.0772. The molecule has 3 aromatic rings. The maximum atomic E-state index is 12.2. The summed E-state index contributed by atoms with van der Waals surface area (Å²) < 4.78 is 5.43. The Balaban J connectivity index is 1.64. The summed E-state index contributed by atoms with van der Waals surface area (Å²) in [6.07, 6.45) is 3.35. The molecule has 2 heterocycles. The Morgan fingerprint density at radius 3 is 3.00 bits per heavy atom. The van der Waals surface area contributed by atoms with Crippen molar-refractivity contribution in [3.05, 3.63) is 53.7 Å². The van der Waals surface area contributed by atoms with Crippen LogP contribution in [0.2, 0.25) is 5.02 Å². The van der Waals surface area contributed by atoms with Crippen molar-refractivity contribution in [3.8, 4) is 11.1 Å². The van der Waals surface area contributed by atoms with Crippen molar-refractivity contribution in [3.63, 3.8) is 0 Å². The average Bonchev–Trinajstić information content (AvgIpc) is 3.24. The molecule has 0 spiro atoms. The number of hydrogen-bond acceptors (Lipinski definition) is 2. The maximum Gasteiger partial charge on any atom is 0.253 e. The first-order valence-corrected chi connectivity index (χ1v) is 8.38.